The number of hydrogen-bond acceptors (Lipinski definition) is 4. The van der Waals surface area contributed by atoms with Gasteiger partial charge in [0.2, 0.25) is 0 Å². The molecule has 1 atom stereocenters. The van der Waals surface area contributed by atoms with Gasteiger partial charge in [0.25, 0.3) is 0 Å². The molecule has 0 spiro atoms. The van der Waals surface area contributed by atoms with Crippen molar-refractivity contribution in [2.24, 2.45) is 0 Å². The zero-order valence-corrected chi connectivity index (χ0v) is 14.5. The van der Waals surface area contributed by atoms with Crippen LogP contribution in [0.25, 0.3) is 0 Å². The molecule has 6 heteroatoms. The highest BCUT2D eigenvalue weighted by molar-refractivity contribution is 7.83. The Morgan fingerprint density at radius 1 is 0.846 bits per heavy atom. The maximum Gasteiger partial charge on any atom is 0.194 e. The highest BCUT2D eigenvalue weighted by atomic mass is 32.2. The number of pyridine rings is 1. The van der Waals surface area contributed by atoms with E-state index in [0.717, 1.165) is 5.56 Å². The van der Waals surface area contributed by atoms with Gasteiger partial charge in [0.05, 0.1) is 4.90 Å². The minimum atomic E-state index is -1.51. The molecule has 0 amide bonds. The van der Waals surface area contributed by atoms with E-state index in [1.165, 1.54) is 6.07 Å². The molecule has 1 aliphatic rings. The first-order valence-corrected chi connectivity index (χ1v) is 9.17. The Kier molecular flexibility index (Phi) is 4.28. The Bertz CT molecular complexity index is 1050. The van der Waals surface area contributed by atoms with Crippen molar-refractivity contribution in [2.45, 2.75) is 11.4 Å². The van der Waals surface area contributed by atoms with Crippen molar-refractivity contribution in [2.75, 3.05) is 0 Å². The van der Waals surface area contributed by atoms with E-state index in [1.54, 1.807) is 54.9 Å². The lowest BCUT2D eigenvalue weighted by atomic mass is 9.84. The molecule has 1 heterocycles. The number of hydrogen-bond donors (Lipinski definition) is 1. The summed E-state index contributed by atoms with van der Waals surface area (Å²) in [6, 6.07) is 15.2. The number of carbonyl (C=O) groups excluding carboxylic acids is 2. The molecule has 0 fully saturated rings. The van der Waals surface area contributed by atoms with Crippen LogP contribution >= 0.6 is 0 Å². The van der Waals surface area contributed by atoms with Crippen molar-refractivity contribution in [3.05, 3.63) is 94.8 Å². The Morgan fingerprint density at radius 3 is 2.23 bits per heavy atom. The summed E-state index contributed by atoms with van der Waals surface area (Å²) >= 11 is 0. The van der Waals surface area contributed by atoms with Crippen LogP contribution in [0, 0.1) is 0 Å². The molecule has 1 N–H and O–H groups in total. The lowest BCUT2D eigenvalue weighted by Crippen LogP contribution is -2.22. The number of aromatic nitrogens is 1. The van der Waals surface area contributed by atoms with Gasteiger partial charge in [-0.05, 0) is 29.8 Å². The van der Waals surface area contributed by atoms with Crippen LogP contribution < -0.4 is 4.72 Å². The second-order valence-corrected chi connectivity index (χ2v) is 7.16. The lowest BCUT2D eigenvalue weighted by molar-refractivity contribution is 0.0979. The first-order valence-electron chi connectivity index (χ1n) is 8.02. The predicted octanol–water partition coefficient (Wildman–Crippen LogP) is 2.67. The van der Waals surface area contributed by atoms with Crippen LogP contribution in [0.5, 0.6) is 0 Å². The highest BCUT2D eigenvalue weighted by Gasteiger charge is 2.29. The average molecular weight is 362 g/mol. The predicted molar refractivity (Wildman–Crippen MR) is 97.2 cm³/mol. The van der Waals surface area contributed by atoms with Gasteiger partial charge in [0.15, 0.2) is 11.6 Å². The van der Waals surface area contributed by atoms with Gasteiger partial charge in [-0.15, -0.1) is 0 Å². The summed E-state index contributed by atoms with van der Waals surface area (Å²) in [6.45, 7) is 0.382. The molecule has 0 saturated heterocycles. The van der Waals surface area contributed by atoms with E-state index in [2.05, 4.69) is 9.71 Å². The van der Waals surface area contributed by atoms with E-state index in [9.17, 15) is 13.8 Å². The van der Waals surface area contributed by atoms with Crippen molar-refractivity contribution in [3.63, 3.8) is 0 Å². The quantitative estimate of drug-likeness (QED) is 0.606. The molecule has 4 rings (SSSR count). The second kappa shape index (κ2) is 6.74. The molecule has 2 aromatic carbocycles. The first-order chi connectivity index (χ1) is 12.6. The van der Waals surface area contributed by atoms with E-state index in [-0.39, 0.29) is 11.6 Å². The second-order valence-electron chi connectivity index (χ2n) is 5.86. The Morgan fingerprint density at radius 2 is 1.54 bits per heavy atom. The van der Waals surface area contributed by atoms with Crippen LogP contribution in [0.1, 0.15) is 37.4 Å². The summed E-state index contributed by atoms with van der Waals surface area (Å²) in [4.78, 5) is 29.8. The molecule has 26 heavy (non-hydrogen) atoms. The fourth-order valence-corrected chi connectivity index (χ4v) is 3.81. The third kappa shape index (κ3) is 2.89. The van der Waals surface area contributed by atoms with Gasteiger partial charge in [-0.1, -0.05) is 30.3 Å². The highest BCUT2D eigenvalue weighted by Crippen LogP contribution is 2.28. The van der Waals surface area contributed by atoms with Crippen LogP contribution in [0.4, 0.5) is 0 Å². The molecule has 0 aliphatic heterocycles. The molecular formula is C20H14N2O3S. The van der Waals surface area contributed by atoms with Gasteiger partial charge in [-0.3, -0.25) is 14.6 Å². The van der Waals surface area contributed by atoms with Gasteiger partial charge in [-0.2, -0.15) is 0 Å². The number of nitrogens with one attached hydrogen (secondary N) is 1. The van der Waals surface area contributed by atoms with Gasteiger partial charge in [0.1, 0.15) is 11.0 Å². The topological polar surface area (TPSA) is 76.1 Å². The fraction of sp³-hybridized carbons (Fsp3) is 0.0500. The minimum Gasteiger partial charge on any atom is -0.289 e. The van der Waals surface area contributed by atoms with E-state index >= 15 is 0 Å². The largest absolute Gasteiger partial charge is 0.289 e. The Labute approximate surface area is 152 Å². The molecule has 1 unspecified atom stereocenters. The molecule has 128 valence electrons. The smallest absolute Gasteiger partial charge is 0.194 e. The van der Waals surface area contributed by atoms with Crippen LogP contribution in [0.3, 0.4) is 0 Å². The number of carbonyl (C=O) groups is 2. The van der Waals surface area contributed by atoms with Gasteiger partial charge >= 0.3 is 0 Å². The van der Waals surface area contributed by atoms with Crippen LogP contribution in [-0.2, 0) is 17.5 Å². The maximum atomic E-state index is 12.7. The van der Waals surface area contributed by atoms with Crippen molar-refractivity contribution < 1.29 is 13.8 Å². The number of ketones is 2. The van der Waals surface area contributed by atoms with Gasteiger partial charge < -0.3 is 0 Å². The minimum absolute atomic E-state index is 0.184. The van der Waals surface area contributed by atoms with E-state index in [4.69, 9.17) is 0 Å². The molecule has 0 bridgehead atoms. The van der Waals surface area contributed by atoms with Crippen molar-refractivity contribution in [1.29, 1.82) is 0 Å². The monoisotopic (exact) mass is 362 g/mol. The van der Waals surface area contributed by atoms with Gasteiger partial charge in [-0.25, -0.2) is 8.93 Å². The third-order valence-corrected chi connectivity index (χ3v) is 5.33. The normalized spacial score (nSPS) is 13.8. The van der Waals surface area contributed by atoms with Crippen LogP contribution in [0.2, 0.25) is 0 Å². The summed E-state index contributed by atoms with van der Waals surface area (Å²) in [5, 5.41) is 0. The number of fused-ring (bicyclic) bond motifs is 2. The molecule has 1 aliphatic carbocycles. The summed E-state index contributed by atoms with van der Waals surface area (Å²) in [5.41, 5.74) is 2.34. The van der Waals surface area contributed by atoms with E-state index in [1.807, 2.05) is 6.07 Å². The Balaban J connectivity index is 1.62. The zero-order valence-electron chi connectivity index (χ0n) is 13.6. The molecule has 0 saturated carbocycles. The number of rotatable bonds is 4. The lowest BCUT2D eigenvalue weighted by Gasteiger charge is -2.18. The number of benzene rings is 2. The van der Waals surface area contributed by atoms with E-state index < -0.39 is 11.0 Å². The summed E-state index contributed by atoms with van der Waals surface area (Å²) in [6.07, 6.45) is 3.36. The summed E-state index contributed by atoms with van der Waals surface area (Å²) < 4.78 is 15.4. The van der Waals surface area contributed by atoms with E-state index in [0.29, 0.717) is 33.7 Å². The molecule has 5 nitrogen and oxygen atoms in total. The SMILES string of the molecule is O=C1c2ccccc2C(=O)c2cc(S(=O)NCc3cccnc3)ccc21. The fourth-order valence-electron chi connectivity index (χ4n) is 2.93. The summed E-state index contributed by atoms with van der Waals surface area (Å²) in [5.74, 6) is -0.405. The molecule has 3 aromatic rings. The van der Waals surface area contributed by atoms with Crippen LogP contribution in [-0.4, -0.2) is 20.8 Å². The average Bonchev–Trinajstić information content (AvgIpc) is 2.70. The molecule has 0 radical (unpaired) electrons. The molecule has 1 aromatic heterocycles. The maximum absolute atomic E-state index is 12.7. The Hall–Kier alpha value is -2.96. The van der Waals surface area contributed by atoms with Crippen molar-refractivity contribution >= 4 is 22.6 Å². The third-order valence-electron chi connectivity index (χ3n) is 4.24. The zero-order chi connectivity index (χ0) is 18.1. The molecular weight excluding hydrogens is 348 g/mol. The standard InChI is InChI=1S/C20H14N2O3S/c23-19-15-5-1-2-6-16(15)20(24)18-10-14(7-8-17(18)19)26(25)22-12-13-4-3-9-21-11-13/h1-11,22H,12H2. The van der Waals surface area contributed by atoms with Gasteiger partial charge in [0, 0.05) is 41.2 Å². The summed E-state index contributed by atoms with van der Waals surface area (Å²) in [7, 11) is -1.51. The van der Waals surface area contributed by atoms with Crippen molar-refractivity contribution in [3.8, 4) is 0 Å². The van der Waals surface area contributed by atoms with Crippen molar-refractivity contribution in [1.82, 2.24) is 9.71 Å². The number of nitrogens with zero attached hydrogens (tertiary/aromatic N) is 1. The van der Waals surface area contributed by atoms with Crippen LogP contribution in [0.15, 0.2) is 71.9 Å². The first kappa shape index (κ1) is 16.5.